The van der Waals surface area contributed by atoms with Crippen molar-refractivity contribution in [3.63, 3.8) is 0 Å². The highest BCUT2D eigenvalue weighted by atomic mass is 35.5. The van der Waals surface area contributed by atoms with E-state index >= 15 is 0 Å². The summed E-state index contributed by atoms with van der Waals surface area (Å²) >= 11 is 6.38. The van der Waals surface area contributed by atoms with Gasteiger partial charge in [0.2, 0.25) is 5.95 Å². The Morgan fingerprint density at radius 3 is 2.65 bits per heavy atom. The Hall–Kier alpha value is -3.28. The van der Waals surface area contributed by atoms with Gasteiger partial charge in [0.05, 0.1) is 28.3 Å². The fraction of sp³-hybridized carbons (Fsp3) is 0.536. The number of ether oxygens (including phenoxy) is 3. The zero-order valence-electron chi connectivity index (χ0n) is 22.8. The second-order valence-electron chi connectivity index (χ2n) is 10.4. The second kappa shape index (κ2) is 12.1. The second-order valence-corrected chi connectivity index (χ2v) is 10.8. The van der Waals surface area contributed by atoms with Gasteiger partial charge < -0.3 is 39.6 Å². The number of aromatic amines is 1. The van der Waals surface area contributed by atoms with Gasteiger partial charge >= 0.3 is 0 Å². The van der Waals surface area contributed by atoms with Crippen molar-refractivity contribution in [3.05, 3.63) is 28.9 Å². The number of methoxy groups -OCH3 is 1. The predicted octanol–water partition coefficient (Wildman–Crippen LogP) is 4.27. The van der Waals surface area contributed by atoms with E-state index < -0.39 is 0 Å². The first kappa shape index (κ1) is 26.9. The fourth-order valence-electron chi connectivity index (χ4n) is 5.86. The van der Waals surface area contributed by atoms with E-state index in [2.05, 4.69) is 30.5 Å². The van der Waals surface area contributed by atoms with E-state index in [1.807, 2.05) is 11.0 Å². The number of likely N-dealkylation sites (tertiary alicyclic amines) is 2. The van der Waals surface area contributed by atoms with E-state index in [1.54, 1.807) is 19.4 Å². The summed E-state index contributed by atoms with van der Waals surface area (Å²) in [7, 11) is 1.64. The van der Waals surface area contributed by atoms with Gasteiger partial charge in [-0.3, -0.25) is 4.79 Å². The predicted molar refractivity (Wildman–Crippen MR) is 154 cm³/mol. The minimum absolute atomic E-state index is 0.0197. The van der Waals surface area contributed by atoms with E-state index in [0.29, 0.717) is 83.0 Å². The average molecular weight is 570 g/mol. The molecular formula is C28H36ClN7O4. The molecule has 0 aliphatic carbocycles. The lowest BCUT2D eigenvalue weighted by Crippen LogP contribution is -2.48. The SMILES string of the molecule is COCCNc1nc(Nc2ccc(C(=O)N3CCC(N4CCCCC4)CC3)c3c2OCCO3)nc2[nH]cc(Cl)c12. The number of rotatable bonds is 8. The number of anilines is 3. The van der Waals surface area contributed by atoms with Gasteiger partial charge in [0.25, 0.3) is 5.91 Å². The van der Waals surface area contributed by atoms with E-state index in [-0.39, 0.29) is 5.91 Å². The maximum atomic E-state index is 13.6. The van der Waals surface area contributed by atoms with Crippen LogP contribution in [-0.2, 0) is 4.74 Å². The van der Waals surface area contributed by atoms with Crippen molar-refractivity contribution in [1.82, 2.24) is 24.8 Å². The molecule has 11 nitrogen and oxygen atoms in total. The summed E-state index contributed by atoms with van der Waals surface area (Å²) in [5.74, 6) is 1.86. The minimum atomic E-state index is -0.0197. The summed E-state index contributed by atoms with van der Waals surface area (Å²) in [5, 5.41) is 7.75. The van der Waals surface area contributed by atoms with Crippen molar-refractivity contribution in [3.8, 4) is 11.5 Å². The monoisotopic (exact) mass is 569 g/mol. The van der Waals surface area contributed by atoms with Crippen molar-refractivity contribution in [2.45, 2.75) is 38.1 Å². The Morgan fingerprint density at radius 1 is 1.10 bits per heavy atom. The van der Waals surface area contributed by atoms with Crippen LogP contribution in [0.5, 0.6) is 11.5 Å². The van der Waals surface area contributed by atoms with Gasteiger partial charge in [-0.05, 0) is 50.9 Å². The molecule has 3 N–H and O–H groups in total. The number of halogens is 1. The highest BCUT2D eigenvalue weighted by Gasteiger charge is 2.31. The molecule has 6 rings (SSSR count). The number of nitrogens with one attached hydrogen (secondary N) is 3. The maximum absolute atomic E-state index is 13.6. The lowest BCUT2D eigenvalue weighted by molar-refractivity contribution is 0.0582. The van der Waals surface area contributed by atoms with Crippen LogP contribution >= 0.6 is 11.6 Å². The highest BCUT2D eigenvalue weighted by Crippen LogP contribution is 2.42. The zero-order valence-corrected chi connectivity index (χ0v) is 23.6. The zero-order chi connectivity index (χ0) is 27.5. The third-order valence-corrected chi connectivity index (χ3v) is 8.20. The van der Waals surface area contributed by atoms with Crippen LogP contribution in [0.1, 0.15) is 42.5 Å². The first-order valence-corrected chi connectivity index (χ1v) is 14.5. The average Bonchev–Trinajstić information content (AvgIpc) is 3.38. The molecule has 214 valence electrons. The van der Waals surface area contributed by atoms with Gasteiger partial charge in [0.1, 0.15) is 24.7 Å². The summed E-state index contributed by atoms with van der Waals surface area (Å²) in [6, 6.07) is 4.20. The first-order chi connectivity index (χ1) is 19.6. The molecular weight excluding hydrogens is 534 g/mol. The van der Waals surface area contributed by atoms with Crippen LogP contribution in [0, 0.1) is 0 Å². The Balaban J connectivity index is 1.21. The largest absolute Gasteiger partial charge is 0.485 e. The molecule has 0 unspecified atom stereocenters. The van der Waals surface area contributed by atoms with Gasteiger partial charge in [-0.2, -0.15) is 9.97 Å². The number of piperidine rings is 2. The molecule has 2 aromatic heterocycles. The number of carbonyl (C=O) groups is 1. The number of fused-ring (bicyclic) bond motifs is 2. The normalized spacial score (nSPS) is 18.2. The Labute approximate surface area is 238 Å². The van der Waals surface area contributed by atoms with Crippen LogP contribution in [0.2, 0.25) is 5.02 Å². The summed E-state index contributed by atoms with van der Waals surface area (Å²) in [4.78, 5) is 30.5. The molecule has 12 heteroatoms. The van der Waals surface area contributed by atoms with Crippen LogP contribution in [-0.4, -0.2) is 96.4 Å². The molecule has 2 saturated heterocycles. The van der Waals surface area contributed by atoms with Crippen LogP contribution in [0.3, 0.4) is 0 Å². The number of amides is 1. The Kier molecular flexibility index (Phi) is 8.12. The standard InChI is InChI=1S/C28H36ClN7O4/c1-38-14-9-30-25-22-20(29)17-31-26(22)34-28(33-25)32-21-6-5-19(23-24(21)40-16-15-39-23)27(37)36-12-7-18(8-13-36)35-10-3-2-4-11-35/h5-6,17-18H,2-4,7-16H2,1H3,(H3,30,31,32,33,34). The highest BCUT2D eigenvalue weighted by molar-refractivity contribution is 6.36. The summed E-state index contributed by atoms with van der Waals surface area (Å²) in [6.45, 7) is 5.71. The molecule has 0 radical (unpaired) electrons. The van der Waals surface area contributed by atoms with Crippen molar-refractivity contribution < 1.29 is 19.0 Å². The smallest absolute Gasteiger partial charge is 0.257 e. The van der Waals surface area contributed by atoms with Gasteiger partial charge in [0, 0.05) is 39.0 Å². The molecule has 0 atom stereocenters. The Bertz CT molecular complexity index is 1350. The number of aromatic nitrogens is 3. The summed E-state index contributed by atoms with van der Waals surface area (Å²) in [6.07, 6.45) is 7.60. The molecule has 0 saturated carbocycles. The molecule has 3 aromatic rings. The van der Waals surface area contributed by atoms with Gasteiger partial charge in [-0.1, -0.05) is 18.0 Å². The van der Waals surface area contributed by atoms with Crippen LogP contribution < -0.4 is 20.1 Å². The molecule has 0 bridgehead atoms. The molecule has 1 amide bonds. The summed E-state index contributed by atoms with van der Waals surface area (Å²) in [5.41, 5.74) is 1.73. The lowest BCUT2D eigenvalue weighted by atomic mass is 9.99. The number of nitrogens with zero attached hydrogens (tertiary/aromatic N) is 4. The molecule has 3 aliphatic rings. The third kappa shape index (κ3) is 5.50. The van der Waals surface area contributed by atoms with E-state index in [4.69, 9.17) is 25.8 Å². The van der Waals surface area contributed by atoms with Crippen LogP contribution in [0.4, 0.5) is 17.5 Å². The lowest BCUT2D eigenvalue weighted by Gasteiger charge is -2.40. The van der Waals surface area contributed by atoms with Crippen LogP contribution in [0.15, 0.2) is 18.3 Å². The molecule has 5 heterocycles. The van der Waals surface area contributed by atoms with Gasteiger partial charge in [0.15, 0.2) is 11.5 Å². The number of carbonyl (C=O) groups excluding carboxylic acids is 1. The number of hydrogen-bond acceptors (Lipinski definition) is 9. The van der Waals surface area contributed by atoms with Crippen molar-refractivity contribution >= 4 is 46.0 Å². The quantitative estimate of drug-likeness (QED) is 0.342. The molecule has 3 aliphatic heterocycles. The molecule has 0 spiro atoms. The van der Waals surface area contributed by atoms with E-state index in [9.17, 15) is 4.79 Å². The van der Waals surface area contributed by atoms with Crippen LogP contribution in [0.25, 0.3) is 11.0 Å². The first-order valence-electron chi connectivity index (χ1n) is 14.1. The van der Waals surface area contributed by atoms with E-state index in [1.165, 1.54) is 32.4 Å². The number of hydrogen-bond donors (Lipinski definition) is 3. The van der Waals surface area contributed by atoms with Gasteiger partial charge in [-0.25, -0.2) is 0 Å². The van der Waals surface area contributed by atoms with Crippen molar-refractivity contribution in [2.24, 2.45) is 0 Å². The third-order valence-electron chi connectivity index (χ3n) is 7.91. The van der Waals surface area contributed by atoms with Crippen molar-refractivity contribution in [2.75, 3.05) is 70.3 Å². The Morgan fingerprint density at radius 2 is 1.88 bits per heavy atom. The minimum Gasteiger partial charge on any atom is -0.485 e. The summed E-state index contributed by atoms with van der Waals surface area (Å²) < 4.78 is 17.2. The molecule has 40 heavy (non-hydrogen) atoms. The molecule has 1 aromatic carbocycles. The van der Waals surface area contributed by atoms with Crippen molar-refractivity contribution in [1.29, 1.82) is 0 Å². The van der Waals surface area contributed by atoms with Gasteiger partial charge in [-0.15, -0.1) is 0 Å². The number of benzene rings is 1. The number of H-pyrrole nitrogens is 1. The van der Waals surface area contributed by atoms with E-state index in [0.717, 1.165) is 25.9 Å². The fourth-order valence-corrected chi connectivity index (χ4v) is 6.10. The topological polar surface area (TPSA) is 117 Å². The maximum Gasteiger partial charge on any atom is 0.257 e. The molecule has 2 fully saturated rings.